The van der Waals surface area contributed by atoms with E-state index in [1.54, 1.807) is 6.20 Å². The molecule has 0 amide bonds. The van der Waals surface area contributed by atoms with Gasteiger partial charge in [0.05, 0.1) is 0 Å². The molecule has 1 aromatic heterocycles. The fourth-order valence-corrected chi connectivity index (χ4v) is 9.12. The first-order chi connectivity index (χ1) is 44.2. The van der Waals surface area contributed by atoms with Gasteiger partial charge in [-0.3, -0.25) is 4.98 Å². The minimum absolute atomic E-state index is 0.230. The van der Waals surface area contributed by atoms with Crippen LogP contribution < -0.4 is 0 Å². The molecule has 528 valence electrons. The van der Waals surface area contributed by atoms with E-state index in [9.17, 15) is 0 Å². The summed E-state index contributed by atoms with van der Waals surface area (Å²) in [4.78, 5) is 4.05. The first-order valence-corrected chi connectivity index (χ1v) is 35.7. The van der Waals surface area contributed by atoms with Crippen molar-refractivity contribution in [2.75, 3.05) is 0 Å². The molecule has 8 aromatic carbocycles. The Hall–Kier alpha value is -7.09. The Bertz CT molecular complexity index is 2900. The molecule has 0 saturated heterocycles. The first kappa shape index (κ1) is 87.9. The molecule has 1 heteroatoms. The molecule has 0 atom stereocenters. The normalized spacial score (nSPS) is 11.6. The topological polar surface area (TPSA) is 12.9 Å². The van der Waals surface area contributed by atoms with Gasteiger partial charge in [0.1, 0.15) is 0 Å². The van der Waals surface area contributed by atoms with Crippen molar-refractivity contribution >= 4 is 0 Å². The number of hydrogen-bond acceptors (Lipinski definition) is 1. The van der Waals surface area contributed by atoms with Crippen molar-refractivity contribution in [2.45, 2.75) is 284 Å². The Kier molecular flexibility index (Phi) is 35.3. The van der Waals surface area contributed by atoms with E-state index in [0.717, 1.165) is 0 Å². The van der Waals surface area contributed by atoms with Gasteiger partial charge in [-0.2, -0.15) is 0 Å². The number of aryl methyl sites for hydroxylation is 7. The van der Waals surface area contributed by atoms with Crippen LogP contribution in [0.1, 0.15) is 276 Å². The van der Waals surface area contributed by atoms with Gasteiger partial charge in [0.25, 0.3) is 0 Å². The predicted molar refractivity (Wildman–Crippen MR) is 437 cm³/mol. The highest BCUT2D eigenvalue weighted by Gasteiger charge is 2.18. The summed E-state index contributed by atoms with van der Waals surface area (Å²) < 4.78 is 0. The minimum atomic E-state index is 0.230. The smallest absolute Gasteiger partial charge is 0.0305 e. The van der Waals surface area contributed by atoms with Crippen LogP contribution in [0.5, 0.6) is 0 Å². The third-order valence-corrected chi connectivity index (χ3v) is 16.6. The van der Waals surface area contributed by atoms with Crippen LogP contribution in [0.4, 0.5) is 0 Å². The lowest BCUT2D eigenvalue weighted by Gasteiger charge is -2.18. The van der Waals surface area contributed by atoms with Gasteiger partial charge in [-0.1, -0.05) is 432 Å². The highest BCUT2D eigenvalue weighted by molar-refractivity contribution is 5.32. The summed E-state index contributed by atoms with van der Waals surface area (Å²) in [5.74, 6) is 0. The molecule has 0 saturated carbocycles. The van der Waals surface area contributed by atoms with Gasteiger partial charge in [-0.25, -0.2) is 0 Å². The van der Waals surface area contributed by atoms with Crippen LogP contribution in [0.2, 0.25) is 0 Å². The zero-order chi connectivity index (χ0) is 74.6. The van der Waals surface area contributed by atoms with Crippen LogP contribution >= 0.6 is 0 Å². The Morgan fingerprint density at radius 3 is 0.392 bits per heavy atom. The quantitative estimate of drug-likeness (QED) is 0.147. The van der Waals surface area contributed by atoms with Crippen LogP contribution in [0.3, 0.4) is 0 Å². The van der Waals surface area contributed by atoms with E-state index < -0.39 is 0 Å². The van der Waals surface area contributed by atoms with Crippen molar-refractivity contribution in [1.29, 1.82) is 0 Å². The molecular weight excluding hydrogens is 1170 g/mol. The van der Waals surface area contributed by atoms with E-state index in [4.69, 9.17) is 0 Å². The summed E-state index contributed by atoms with van der Waals surface area (Å²) in [5, 5.41) is 0. The van der Waals surface area contributed by atoms with E-state index >= 15 is 0 Å². The van der Waals surface area contributed by atoms with E-state index in [1.165, 1.54) is 89.0 Å². The molecule has 0 unspecified atom stereocenters. The average molecular weight is 1310 g/mol. The summed E-state index contributed by atoms with van der Waals surface area (Å²) in [6.45, 7) is 75.0. The maximum Gasteiger partial charge on any atom is 0.0305 e. The summed E-state index contributed by atoms with van der Waals surface area (Å²) in [6.07, 6.45) is 3.72. The zero-order valence-corrected chi connectivity index (χ0v) is 68.3. The monoisotopic (exact) mass is 1310 g/mol. The van der Waals surface area contributed by atoms with Crippen LogP contribution in [0.25, 0.3) is 0 Å². The number of hydrogen-bond donors (Lipinski definition) is 0. The van der Waals surface area contributed by atoms with Crippen molar-refractivity contribution in [3.8, 4) is 0 Å². The molecule has 0 bridgehead atoms. The first-order valence-electron chi connectivity index (χ1n) is 35.7. The van der Waals surface area contributed by atoms with Gasteiger partial charge in [-0.15, -0.1) is 0 Å². The van der Waals surface area contributed by atoms with E-state index in [1.807, 2.05) is 12.3 Å². The van der Waals surface area contributed by atoms with Gasteiger partial charge >= 0.3 is 0 Å². The Labute approximate surface area is 599 Å². The van der Waals surface area contributed by atoms with Crippen molar-refractivity contribution in [2.24, 2.45) is 0 Å². The average Bonchev–Trinajstić information content (AvgIpc) is 1.08. The molecule has 9 rings (SSSR count). The standard InChI is InChI=1S/7C11H16.C10H14.C9H13N/c7*1-9-5-7-10(8-6-9)11(2,3)4;1-10(2,3)9-7-5-4-6-8-9;1-9(2,3)8-5-4-6-10-7-8/h7*5-8H,1-4H3;4-8H,1-3H3;4-7H,1-3H3. The van der Waals surface area contributed by atoms with E-state index in [-0.39, 0.29) is 43.3 Å². The largest absolute Gasteiger partial charge is 0.264 e. The molecule has 97 heavy (non-hydrogen) atoms. The van der Waals surface area contributed by atoms with Crippen LogP contribution in [-0.2, 0) is 48.7 Å². The van der Waals surface area contributed by atoms with Crippen LogP contribution in [0, 0.1) is 48.5 Å². The highest BCUT2D eigenvalue weighted by Crippen LogP contribution is 2.28. The second-order valence-electron chi connectivity index (χ2n) is 35.9. The number of rotatable bonds is 0. The fraction of sp³-hybridized carbons (Fsp3) is 0.448. The second kappa shape index (κ2) is 38.9. The third kappa shape index (κ3) is 38.0. The second-order valence-corrected chi connectivity index (χ2v) is 35.9. The molecule has 9 aromatic rings. The van der Waals surface area contributed by atoms with Crippen molar-refractivity contribution in [3.63, 3.8) is 0 Å². The Morgan fingerprint density at radius 2 is 0.289 bits per heavy atom. The lowest BCUT2D eigenvalue weighted by molar-refractivity contribution is 0.587. The SMILES string of the molecule is CC(C)(C)c1ccccc1.CC(C)(C)c1cccnc1.Cc1ccc(C(C)(C)C)cc1.Cc1ccc(C(C)(C)C)cc1.Cc1ccc(C(C)(C)C)cc1.Cc1ccc(C(C)(C)C)cc1.Cc1ccc(C(C)(C)C)cc1.Cc1ccc(C(C)(C)C)cc1.Cc1ccc(C(C)(C)C)cc1. The molecule has 0 aliphatic carbocycles. The predicted octanol–water partition coefficient (Wildman–Crippen LogP) is 28.4. The van der Waals surface area contributed by atoms with E-state index in [2.05, 4.69) is 447 Å². The summed E-state index contributed by atoms with van der Waals surface area (Å²) in [5.41, 5.74) is 24.4. The summed E-state index contributed by atoms with van der Waals surface area (Å²) >= 11 is 0. The molecular formula is C96H139N. The lowest BCUT2D eigenvalue weighted by Crippen LogP contribution is -2.10. The molecule has 1 heterocycles. The molecule has 0 N–H and O–H groups in total. The van der Waals surface area contributed by atoms with Crippen molar-refractivity contribution in [3.05, 3.63) is 314 Å². The summed E-state index contributed by atoms with van der Waals surface area (Å²) in [6, 6.07) is 75.8. The lowest BCUT2D eigenvalue weighted by atomic mass is 9.87. The van der Waals surface area contributed by atoms with Crippen molar-refractivity contribution < 1.29 is 0 Å². The number of nitrogens with zero attached hydrogens (tertiary/aromatic N) is 1. The molecule has 0 radical (unpaired) electrons. The van der Waals surface area contributed by atoms with E-state index in [0.29, 0.717) is 5.41 Å². The molecule has 0 aliphatic rings. The van der Waals surface area contributed by atoms with Crippen LogP contribution in [0.15, 0.2) is 225 Å². The maximum absolute atomic E-state index is 4.05. The number of pyridine rings is 1. The third-order valence-electron chi connectivity index (χ3n) is 16.6. The Morgan fingerprint density at radius 1 is 0.155 bits per heavy atom. The summed E-state index contributed by atoms with van der Waals surface area (Å²) in [7, 11) is 0. The van der Waals surface area contributed by atoms with Gasteiger partial charge in [0.2, 0.25) is 0 Å². The maximum atomic E-state index is 4.05. The highest BCUT2D eigenvalue weighted by atomic mass is 14.6. The minimum Gasteiger partial charge on any atom is -0.264 e. The van der Waals surface area contributed by atoms with Gasteiger partial charge in [0, 0.05) is 12.4 Å². The number of benzene rings is 8. The molecule has 0 fully saturated rings. The fourth-order valence-electron chi connectivity index (χ4n) is 9.12. The van der Waals surface area contributed by atoms with Crippen molar-refractivity contribution in [1.82, 2.24) is 4.98 Å². The zero-order valence-electron chi connectivity index (χ0n) is 68.3. The van der Waals surface area contributed by atoms with Crippen LogP contribution in [-0.4, -0.2) is 4.98 Å². The Balaban J connectivity index is 0.000000546. The number of aromatic nitrogens is 1. The van der Waals surface area contributed by atoms with Gasteiger partial charge in [0.15, 0.2) is 0 Å². The molecule has 0 aliphatic heterocycles. The molecule has 0 spiro atoms. The molecule has 1 nitrogen and oxygen atoms in total. The van der Waals surface area contributed by atoms with Gasteiger partial charge < -0.3 is 0 Å². The van der Waals surface area contributed by atoms with Gasteiger partial charge in [-0.05, 0) is 153 Å².